The molecule has 2 aromatic rings. The predicted octanol–water partition coefficient (Wildman–Crippen LogP) is 5.28. The standard InChI is InChI=1S/C26H37NO5/c1-26(2)31-19-24(32-26)25-23(13-17-30-25)29-16-8-6-4-3-5-7-15-28-21-11-12-22-20(18-21)10-9-14-27-22/h9-12,14,18,23-25H,3-8,13,15-17,19H2,1-2H3/t23-,24?,25?/m1/s1. The third-order valence-corrected chi connectivity index (χ3v) is 6.19. The fraction of sp³-hybridized carbons (Fsp3) is 0.654. The molecule has 0 saturated carbocycles. The summed E-state index contributed by atoms with van der Waals surface area (Å²) >= 11 is 0. The summed E-state index contributed by atoms with van der Waals surface area (Å²) in [5, 5.41) is 1.12. The van der Waals surface area contributed by atoms with Crippen LogP contribution < -0.4 is 4.74 Å². The van der Waals surface area contributed by atoms with Crippen molar-refractivity contribution in [3.8, 4) is 5.75 Å². The molecule has 176 valence electrons. The van der Waals surface area contributed by atoms with E-state index in [9.17, 15) is 0 Å². The van der Waals surface area contributed by atoms with Gasteiger partial charge in [0.1, 0.15) is 18.0 Å². The molecule has 32 heavy (non-hydrogen) atoms. The molecule has 6 nitrogen and oxygen atoms in total. The van der Waals surface area contributed by atoms with E-state index in [4.69, 9.17) is 23.7 Å². The zero-order valence-electron chi connectivity index (χ0n) is 19.5. The number of hydrogen-bond donors (Lipinski definition) is 0. The van der Waals surface area contributed by atoms with Crippen LogP contribution in [0.1, 0.15) is 58.8 Å². The van der Waals surface area contributed by atoms with Gasteiger partial charge in [0.25, 0.3) is 0 Å². The highest BCUT2D eigenvalue weighted by Crippen LogP contribution is 2.31. The Hall–Kier alpha value is -1.73. The first kappa shape index (κ1) is 23.4. The van der Waals surface area contributed by atoms with Gasteiger partial charge in [0.15, 0.2) is 5.79 Å². The van der Waals surface area contributed by atoms with Crippen LogP contribution in [0, 0.1) is 0 Å². The van der Waals surface area contributed by atoms with E-state index in [1.54, 1.807) is 0 Å². The second-order valence-electron chi connectivity index (χ2n) is 9.23. The van der Waals surface area contributed by atoms with Crippen molar-refractivity contribution >= 4 is 10.9 Å². The number of ether oxygens (including phenoxy) is 5. The number of hydrogen-bond acceptors (Lipinski definition) is 6. The van der Waals surface area contributed by atoms with Crippen molar-refractivity contribution in [3.05, 3.63) is 36.5 Å². The van der Waals surface area contributed by atoms with Gasteiger partial charge in [-0.15, -0.1) is 0 Å². The van der Waals surface area contributed by atoms with Gasteiger partial charge in [0, 0.05) is 24.8 Å². The first-order chi connectivity index (χ1) is 15.6. The minimum atomic E-state index is -0.515. The second kappa shape index (κ2) is 11.4. The summed E-state index contributed by atoms with van der Waals surface area (Å²) in [4.78, 5) is 4.34. The van der Waals surface area contributed by atoms with Crippen LogP contribution in [0.2, 0.25) is 0 Å². The monoisotopic (exact) mass is 443 g/mol. The van der Waals surface area contributed by atoms with Crippen LogP contribution in [0.15, 0.2) is 36.5 Å². The summed E-state index contributed by atoms with van der Waals surface area (Å²) < 4.78 is 29.6. The first-order valence-electron chi connectivity index (χ1n) is 12.1. The molecule has 2 aliphatic rings. The second-order valence-corrected chi connectivity index (χ2v) is 9.23. The molecule has 1 aromatic carbocycles. The Bertz CT molecular complexity index is 842. The Morgan fingerprint density at radius 3 is 2.66 bits per heavy atom. The fourth-order valence-corrected chi connectivity index (χ4v) is 4.47. The minimum absolute atomic E-state index is 0.00404. The van der Waals surface area contributed by atoms with E-state index in [0.29, 0.717) is 6.61 Å². The van der Waals surface area contributed by atoms with Crippen molar-refractivity contribution in [2.24, 2.45) is 0 Å². The molecule has 2 fully saturated rings. The molecule has 2 unspecified atom stereocenters. The van der Waals surface area contributed by atoms with Crippen molar-refractivity contribution in [2.75, 3.05) is 26.4 Å². The maximum Gasteiger partial charge on any atom is 0.163 e. The molecule has 3 heterocycles. The normalized spacial score (nSPS) is 24.9. The van der Waals surface area contributed by atoms with Crippen LogP contribution >= 0.6 is 0 Å². The van der Waals surface area contributed by atoms with E-state index < -0.39 is 5.79 Å². The molecule has 0 aliphatic carbocycles. The van der Waals surface area contributed by atoms with Crippen molar-refractivity contribution in [2.45, 2.75) is 82.9 Å². The van der Waals surface area contributed by atoms with Crippen LogP contribution in [0.4, 0.5) is 0 Å². The lowest BCUT2D eigenvalue weighted by molar-refractivity contribution is -0.160. The number of benzene rings is 1. The minimum Gasteiger partial charge on any atom is -0.494 e. The number of pyridine rings is 1. The summed E-state index contributed by atoms with van der Waals surface area (Å²) in [5.74, 6) is 0.411. The molecular weight excluding hydrogens is 406 g/mol. The number of fused-ring (bicyclic) bond motifs is 1. The lowest BCUT2D eigenvalue weighted by Gasteiger charge is -2.25. The topological polar surface area (TPSA) is 59.0 Å². The van der Waals surface area contributed by atoms with E-state index in [1.807, 2.05) is 38.2 Å². The lowest BCUT2D eigenvalue weighted by Crippen LogP contribution is -2.38. The summed E-state index contributed by atoms with van der Waals surface area (Å²) in [6.45, 7) is 6.78. The Morgan fingerprint density at radius 1 is 1.03 bits per heavy atom. The number of rotatable bonds is 12. The largest absolute Gasteiger partial charge is 0.494 e. The average molecular weight is 444 g/mol. The molecule has 0 spiro atoms. The van der Waals surface area contributed by atoms with Crippen LogP contribution in [0.5, 0.6) is 5.75 Å². The Kier molecular flexibility index (Phi) is 8.36. The van der Waals surface area contributed by atoms with Crippen LogP contribution in [-0.4, -0.2) is 55.5 Å². The van der Waals surface area contributed by atoms with Gasteiger partial charge in [-0.2, -0.15) is 0 Å². The summed E-state index contributed by atoms with van der Waals surface area (Å²) in [6, 6.07) is 10.1. The summed E-state index contributed by atoms with van der Waals surface area (Å²) in [5.41, 5.74) is 1.00. The third kappa shape index (κ3) is 6.64. The zero-order valence-corrected chi connectivity index (χ0v) is 19.5. The number of aromatic nitrogens is 1. The highest BCUT2D eigenvalue weighted by Gasteiger charge is 2.43. The molecule has 0 N–H and O–H groups in total. The van der Waals surface area contributed by atoms with Gasteiger partial charge in [0.2, 0.25) is 0 Å². The molecule has 3 atom stereocenters. The van der Waals surface area contributed by atoms with Gasteiger partial charge in [0.05, 0.1) is 24.8 Å². The molecule has 0 bridgehead atoms. The van der Waals surface area contributed by atoms with Crippen LogP contribution in [-0.2, 0) is 18.9 Å². The van der Waals surface area contributed by atoms with Crippen molar-refractivity contribution in [1.82, 2.24) is 4.98 Å². The molecule has 6 heteroatoms. The fourth-order valence-electron chi connectivity index (χ4n) is 4.47. The highest BCUT2D eigenvalue weighted by atomic mass is 16.8. The SMILES string of the molecule is CC1(C)OCC(C2OCC[C@H]2OCCCCCCCCOc2ccc3ncccc3c2)O1. The maximum atomic E-state index is 6.14. The summed E-state index contributed by atoms with van der Waals surface area (Å²) in [6.07, 6.45) is 9.92. The molecule has 2 saturated heterocycles. The van der Waals surface area contributed by atoms with Crippen LogP contribution in [0.25, 0.3) is 10.9 Å². The highest BCUT2D eigenvalue weighted by molar-refractivity contribution is 5.79. The Labute approximate surface area is 191 Å². The van der Waals surface area contributed by atoms with Crippen molar-refractivity contribution in [1.29, 1.82) is 0 Å². The smallest absolute Gasteiger partial charge is 0.163 e. The Morgan fingerprint density at radius 2 is 1.84 bits per heavy atom. The predicted molar refractivity (Wildman–Crippen MR) is 124 cm³/mol. The van der Waals surface area contributed by atoms with Gasteiger partial charge in [-0.3, -0.25) is 4.98 Å². The van der Waals surface area contributed by atoms with Crippen molar-refractivity contribution < 1.29 is 23.7 Å². The van der Waals surface area contributed by atoms with Gasteiger partial charge >= 0.3 is 0 Å². The van der Waals surface area contributed by atoms with Gasteiger partial charge in [-0.05, 0) is 57.4 Å². The van der Waals surface area contributed by atoms with Gasteiger partial charge < -0.3 is 23.7 Å². The molecule has 4 rings (SSSR count). The summed E-state index contributed by atoms with van der Waals surface area (Å²) in [7, 11) is 0. The average Bonchev–Trinajstić information content (AvgIpc) is 3.40. The van der Waals surface area contributed by atoms with Gasteiger partial charge in [-0.1, -0.05) is 31.7 Å². The zero-order chi connectivity index (χ0) is 22.2. The third-order valence-electron chi connectivity index (χ3n) is 6.19. The molecule has 1 aromatic heterocycles. The molecule has 0 amide bonds. The first-order valence-corrected chi connectivity index (χ1v) is 12.1. The molecule has 0 radical (unpaired) electrons. The van der Waals surface area contributed by atoms with E-state index in [1.165, 1.54) is 25.7 Å². The van der Waals surface area contributed by atoms with E-state index in [0.717, 1.165) is 55.7 Å². The molecule has 2 aliphatic heterocycles. The number of nitrogens with zero attached hydrogens (tertiary/aromatic N) is 1. The maximum absolute atomic E-state index is 6.14. The van der Waals surface area contributed by atoms with Crippen molar-refractivity contribution in [3.63, 3.8) is 0 Å². The molecular formula is C26H37NO5. The van der Waals surface area contributed by atoms with E-state index in [2.05, 4.69) is 17.1 Å². The van der Waals surface area contributed by atoms with Crippen LogP contribution in [0.3, 0.4) is 0 Å². The van der Waals surface area contributed by atoms with E-state index >= 15 is 0 Å². The van der Waals surface area contributed by atoms with Gasteiger partial charge in [-0.25, -0.2) is 0 Å². The Balaban J connectivity index is 1.02. The van der Waals surface area contributed by atoms with E-state index in [-0.39, 0.29) is 18.3 Å². The quantitative estimate of drug-likeness (QED) is 0.416. The number of unbranched alkanes of at least 4 members (excludes halogenated alkanes) is 5. The lowest BCUT2D eigenvalue weighted by atomic mass is 10.1.